The first kappa shape index (κ1) is 17.7. The highest BCUT2D eigenvalue weighted by Crippen LogP contribution is 2.27. The molecule has 0 unspecified atom stereocenters. The Morgan fingerprint density at radius 1 is 1.19 bits per heavy atom. The number of hydrogen-bond acceptors (Lipinski definition) is 6. The highest BCUT2D eigenvalue weighted by atomic mass is 19.1. The number of benzene rings is 1. The first-order valence-electron chi connectivity index (χ1n) is 9.31. The average molecular weight is 367 g/mol. The van der Waals surface area contributed by atoms with Crippen LogP contribution >= 0.6 is 0 Å². The van der Waals surface area contributed by atoms with Gasteiger partial charge in [-0.15, -0.1) is 0 Å². The van der Waals surface area contributed by atoms with Gasteiger partial charge in [0.25, 0.3) is 0 Å². The van der Waals surface area contributed by atoms with E-state index in [0.29, 0.717) is 30.1 Å². The van der Waals surface area contributed by atoms with Crippen molar-refractivity contribution >= 4 is 5.95 Å². The molecule has 0 saturated carbocycles. The maximum atomic E-state index is 13.0. The lowest BCUT2D eigenvalue weighted by atomic mass is 9.91. The zero-order valence-corrected chi connectivity index (χ0v) is 15.1. The molecule has 0 N–H and O–H groups in total. The minimum atomic E-state index is -0.404. The van der Waals surface area contributed by atoms with Crippen LogP contribution in [0.2, 0.25) is 0 Å². The topological polar surface area (TPSA) is 65.3 Å². The Bertz CT molecular complexity index is 822. The van der Waals surface area contributed by atoms with Gasteiger partial charge >= 0.3 is 0 Å². The van der Waals surface area contributed by atoms with Crippen molar-refractivity contribution in [2.45, 2.75) is 18.9 Å². The Hall–Kier alpha value is -2.72. The lowest BCUT2D eigenvalue weighted by Crippen LogP contribution is -2.57. The Kier molecular flexibility index (Phi) is 5.16. The summed E-state index contributed by atoms with van der Waals surface area (Å²) in [5.74, 6) is 1.45. The quantitative estimate of drug-likeness (QED) is 0.827. The molecular weight excluding hydrogens is 345 g/mol. The first-order valence-corrected chi connectivity index (χ1v) is 9.31. The molecule has 7 heteroatoms. The second-order valence-electron chi connectivity index (χ2n) is 7.19. The first-order chi connectivity index (χ1) is 13.2. The van der Waals surface area contributed by atoms with Crippen LogP contribution in [0.25, 0.3) is 0 Å². The number of hydrogen-bond donors (Lipinski definition) is 0. The molecule has 3 heterocycles. The SMILES string of the molecule is N#Cc1cccc(OC[C@H]2CC[C@H]3CN(c4ncc(F)cn4)CCN3C2)c1. The van der Waals surface area contributed by atoms with Gasteiger partial charge in [0.2, 0.25) is 5.95 Å². The lowest BCUT2D eigenvalue weighted by molar-refractivity contribution is 0.0725. The van der Waals surface area contributed by atoms with Crippen LogP contribution in [0.3, 0.4) is 0 Å². The summed E-state index contributed by atoms with van der Waals surface area (Å²) in [5.41, 5.74) is 0.621. The highest BCUT2D eigenvalue weighted by molar-refractivity contribution is 5.36. The number of piperidine rings is 1. The fourth-order valence-electron chi connectivity index (χ4n) is 3.91. The van der Waals surface area contributed by atoms with E-state index < -0.39 is 5.82 Å². The van der Waals surface area contributed by atoms with Crippen molar-refractivity contribution in [3.63, 3.8) is 0 Å². The van der Waals surface area contributed by atoms with E-state index in [9.17, 15) is 4.39 Å². The number of fused-ring (bicyclic) bond motifs is 1. The molecular formula is C20H22FN5O. The molecule has 0 radical (unpaired) electrons. The molecule has 0 amide bonds. The molecule has 0 aliphatic carbocycles. The molecule has 27 heavy (non-hydrogen) atoms. The molecule has 2 aliphatic heterocycles. The number of rotatable bonds is 4. The van der Waals surface area contributed by atoms with Crippen molar-refractivity contribution in [3.8, 4) is 11.8 Å². The van der Waals surface area contributed by atoms with E-state index in [2.05, 4.69) is 25.8 Å². The molecule has 2 atom stereocenters. The molecule has 2 aliphatic rings. The second kappa shape index (κ2) is 7.89. The predicted octanol–water partition coefficient (Wildman–Crippen LogP) is 2.47. The van der Waals surface area contributed by atoms with E-state index in [1.54, 1.807) is 12.1 Å². The Balaban J connectivity index is 1.30. The third-order valence-corrected chi connectivity index (χ3v) is 5.34. The maximum Gasteiger partial charge on any atom is 0.225 e. The van der Waals surface area contributed by atoms with Crippen molar-refractivity contribution in [1.29, 1.82) is 5.26 Å². The van der Waals surface area contributed by atoms with Crippen LogP contribution in [-0.2, 0) is 0 Å². The van der Waals surface area contributed by atoms with Crippen LogP contribution in [0.15, 0.2) is 36.7 Å². The van der Waals surface area contributed by atoms with Crippen molar-refractivity contribution in [2.75, 3.05) is 37.7 Å². The standard InChI is InChI=1S/C20H22FN5O/c21-17-10-23-20(24-11-17)26-7-6-25-12-16(4-5-18(25)13-26)14-27-19-3-1-2-15(8-19)9-22/h1-3,8,10-11,16,18H,4-7,12-14H2/t16-,18-/m0/s1. The van der Waals surface area contributed by atoms with E-state index in [4.69, 9.17) is 10.00 Å². The number of aromatic nitrogens is 2. The van der Waals surface area contributed by atoms with E-state index in [1.165, 1.54) is 12.4 Å². The summed E-state index contributed by atoms with van der Waals surface area (Å²) in [5, 5.41) is 8.98. The number of piperazine rings is 1. The molecule has 1 aromatic carbocycles. The second-order valence-corrected chi connectivity index (χ2v) is 7.19. The van der Waals surface area contributed by atoms with Gasteiger partial charge in [-0.2, -0.15) is 5.26 Å². The number of halogens is 1. The summed E-state index contributed by atoms with van der Waals surface area (Å²) in [4.78, 5) is 12.9. The number of nitriles is 1. The van der Waals surface area contributed by atoms with Gasteiger partial charge in [0.05, 0.1) is 30.6 Å². The Morgan fingerprint density at radius 3 is 2.85 bits per heavy atom. The lowest BCUT2D eigenvalue weighted by Gasteiger charge is -2.46. The minimum Gasteiger partial charge on any atom is -0.493 e. The van der Waals surface area contributed by atoms with E-state index in [1.807, 2.05) is 12.1 Å². The zero-order valence-electron chi connectivity index (χ0n) is 15.1. The van der Waals surface area contributed by atoms with Crippen molar-refractivity contribution in [1.82, 2.24) is 14.9 Å². The summed E-state index contributed by atoms with van der Waals surface area (Å²) in [6.45, 7) is 4.36. The number of anilines is 1. The zero-order chi connectivity index (χ0) is 18.6. The Morgan fingerprint density at radius 2 is 2.04 bits per heavy atom. The molecule has 140 valence electrons. The summed E-state index contributed by atoms with van der Waals surface area (Å²) in [7, 11) is 0. The van der Waals surface area contributed by atoms with Gasteiger partial charge in [0.15, 0.2) is 5.82 Å². The fourth-order valence-corrected chi connectivity index (χ4v) is 3.91. The monoisotopic (exact) mass is 367 g/mol. The maximum absolute atomic E-state index is 13.0. The van der Waals surface area contributed by atoms with Gasteiger partial charge in [-0.1, -0.05) is 6.07 Å². The molecule has 2 aromatic rings. The molecule has 2 fully saturated rings. The normalized spacial score (nSPS) is 22.7. The van der Waals surface area contributed by atoms with Gasteiger partial charge in [-0.25, -0.2) is 14.4 Å². The van der Waals surface area contributed by atoms with Gasteiger partial charge in [0, 0.05) is 38.1 Å². The van der Waals surface area contributed by atoms with Gasteiger partial charge in [0.1, 0.15) is 5.75 Å². The van der Waals surface area contributed by atoms with E-state index in [0.717, 1.165) is 44.8 Å². The molecule has 1 aromatic heterocycles. The minimum absolute atomic E-state index is 0.404. The van der Waals surface area contributed by atoms with Crippen LogP contribution in [0.5, 0.6) is 5.75 Å². The largest absolute Gasteiger partial charge is 0.493 e. The van der Waals surface area contributed by atoms with Crippen LogP contribution in [0.4, 0.5) is 10.3 Å². The molecule has 2 saturated heterocycles. The summed E-state index contributed by atoms with van der Waals surface area (Å²) in [6.07, 6.45) is 4.66. The summed E-state index contributed by atoms with van der Waals surface area (Å²) < 4.78 is 18.9. The molecule has 0 spiro atoms. The Labute approximate surface area is 158 Å². The third-order valence-electron chi connectivity index (χ3n) is 5.34. The van der Waals surface area contributed by atoms with E-state index in [-0.39, 0.29) is 0 Å². The summed E-state index contributed by atoms with van der Waals surface area (Å²) >= 11 is 0. The average Bonchev–Trinajstić information content (AvgIpc) is 2.72. The number of ether oxygens (including phenoxy) is 1. The van der Waals surface area contributed by atoms with Gasteiger partial charge in [-0.3, -0.25) is 4.90 Å². The molecule has 4 rings (SSSR count). The highest BCUT2D eigenvalue weighted by Gasteiger charge is 2.33. The van der Waals surface area contributed by atoms with Crippen LogP contribution in [-0.4, -0.2) is 53.7 Å². The van der Waals surface area contributed by atoms with E-state index >= 15 is 0 Å². The fraction of sp³-hybridized carbons (Fsp3) is 0.450. The predicted molar refractivity (Wildman–Crippen MR) is 98.9 cm³/mol. The number of nitrogens with zero attached hydrogens (tertiary/aromatic N) is 5. The molecule has 6 nitrogen and oxygen atoms in total. The van der Waals surface area contributed by atoms with Crippen molar-refractivity contribution in [3.05, 3.63) is 48.0 Å². The van der Waals surface area contributed by atoms with Crippen LogP contribution < -0.4 is 9.64 Å². The van der Waals surface area contributed by atoms with Crippen LogP contribution in [0.1, 0.15) is 18.4 Å². The van der Waals surface area contributed by atoms with Crippen LogP contribution in [0, 0.1) is 23.1 Å². The third kappa shape index (κ3) is 4.17. The smallest absolute Gasteiger partial charge is 0.225 e. The van der Waals surface area contributed by atoms with Gasteiger partial charge < -0.3 is 9.64 Å². The molecule has 0 bridgehead atoms. The van der Waals surface area contributed by atoms with Gasteiger partial charge in [-0.05, 0) is 31.0 Å². The summed E-state index contributed by atoms with van der Waals surface area (Å²) in [6, 6.07) is 9.93. The van der Waals surface area contributed by atoms with Crippen molar-refractivity contribution < 1.29 is 9.13 Å². The van der Waals surface area contributed by atoms with Crippen molar-refractivity contribution in [2.24, 2.45) is 5.92 Å².